The van der Waals surface area contributed by atoms with Crippen molar-refractivity contribution in [3.05, 3.63) is 17.0 Å². The number of aryl methyl sites for hydroxylation is 2. The number of amides is 1. The summed E-state index contributed by atoms with van der Waals surface area (Å²) in [6.07, 6.45) is 1.97. The van der Waals surface area contributed by atoms with Gasteiger partial charge in [-0.3, -0.25) is 9.89 Å². The molecule has 0 aliphatic rings. The molecule has 6 heteroatoms. The van der Waals surface area contributed by atoms with Crippen molar-refractivity contribution >= 4 is 11.9 Å². The number of carbonyl (C=O) groups excluding carboxylic acids is 2. The number of aromatic nitrogens is 2. The quantitative estimate of drug-likeness (QED) is 0.593. The Morgan fingerprint density at radius 2 is 2.00 bits per heavy atom. The van der Waals surface area contributed by atoms with Crippen LogP contribution in [-0.4, -0.2) is 34.2 Å². The molecule has 0 fully saturated rings. The summed E-state index contributed by atoms with van der Waals surface area (Å²) in [6, 6.07) is 0. The van der Waals surface area contributed by atoms with Gasteiger partial charge in [0.25, 0.3) is 0 Å². The molecule has 0 spiro atoms. The summed E-state index contributed by atoms with van der Waals surface area (Å²) in [6.45, 7) is 9.41. The Balaban J connectivity index is 2.58. The minimum atomic E-state index is -1.03. The molecule has 1 aromatic heterocycles. The van der Waals surface area contributed by atoms with Gasteiger partial charge in [-0.1, -0.05) is 13.3 Å². The maximum absolute atomic E-state index is 12.1. The summed E-state index contributed by atoms with van der Waals surface area (Å²) in [5.74, 6) is -0.634. The van der Waals surface area contributed by atoms with Crippen LogP contribution in [0.3, 0.4) is 0 Å². The summed E-state index contributed by atoms with van der Waals surface area (Å²) in [5, 5.41) is 9.62. The van der Waals surface area contributed by atoms with Crippen molar-refractivity contribution in [2.75, 3.05) is 6.61 Å². The van der Waals surface area contributed by atoms with Crippen molar-refractivity contribution in [3.8, 4) is 0 Å². The molecule has 1 aromatic rings. The summed E-state index contributed by atoms with van der Waals surface area (Å²) in [5.41, 5.74) is 1.50. The fraction of sp³-hybridized carbons (Fsp3) is 0.667. The molecule has 2 N–H and O–H groups in total. The number of nitrogens with zero attached hydrogens (tertiary/aromatic N) is 1. The van der Waals surface area contributed by atoms with Crippen molar-refractivity contribution in [1.29, 1.82) is 0 Å². The van der Waals surface area contributed by atoms with Crippen LogP contribution in [0.25, 0.3) is 0 Å². The molecule has 0 saturated heterocycles. The summed E-state index contributed by atoms with van der Waals surface area (Å²) < 4.78 is 5.16. The highest BCUT2D eigenvalue weighted by Crippen LogP contribution is 2.12. The predicted octanol–water partition coefficient (Wildman–Crippen LogP) is 1.81. The van der Waals surface area contributed by atoms with Gasteiger partial charge in [0.1, 0.15) is 5.54 Å². The van der Waals surface area contributed by atoms with E-state index in [1.807, 2.05) is 20.8 Å². The maximum Gasteiger partial charge on any atom is 0.331 e. The number of aromatic amines is 1. The van der Waals surface area contributed by atoms with Crippen LogP contribution in [0, 0.1) is 13.8 Å². The smallest absolute Gasteiger partial charge is 0.331 e. The highest BCUT2D eigenvalue weighted by atomic mass is 16.5. The standard InChI is InChI=1S/C15H25N3O3/c1-6-7-8-21-14(20)15(4,5)16-13(19)9-12-10(2)17-18-11(12)3/h6-9H2,1-5H3,(H,16,19)(H,17,18). The molecule has 0 aliphatic heterocycles. The molecular weight excluding hydrogens is 270 g/mol. The second-order valence-electron chi connectivity index (χ2n) is 5.75. The molecule has 0 aromatic carbocycles. The number of ether oxygens (including phenoxy) is 1. The lowest BCUT2D eigenvalue weighted by atomic mass is 10.0. The van der Waals surface area contributed by atoms with E-state index in [9.17, 15) is 9.59 Å². The third-order valence-electron chi connectivity index (χ3n) is 3.31. The molecule has 0 bridgehead atoms. The van der Waals surface area contributed by atoms with Crippen LogP contribution >= 0.6 is 0 Å². The number of hydrogen-bond donors (Lipinski definition) is 2. The first-order chi connectivity index (χ1) is 9.77. The molecule has 0 aliphatic carbocycles. The lowest BCUT2D eigenvalue weighted by Gasteiger charge is -2.24. The Morgan fingerprint density at radius 3 is 2.52 bits per heavy atom. The van der Waals surface area contributed by atoms with Crippen LogP contribution in [-0.2, 0) is 20.7 Å². The largest absolute Gasteiger partial charge is 0.464 e. The van der Waals surface area contributed by atoms with Crippen molar-refractivity contribution in [3.63, 3.8) is 0 Å². The second-order valence-corrected chi connectivity index (χ2v) is 5.75. The Bertz CT molecular complexity index is 487. The van der Waals surface area contributed by atoms with Crippen molar-refractivity contribution < 1.29 is 14.3 Å². The molecule has 0 atom stereocenters. The number of unbranched alkanes of at least 4 members (excludes halogenated alkanes) is 1. The third kappa shape index (κ3) is 4.88. The van der Waals surface area contributed by atoms with Gasteiger partial charge in [-0.2, -0.15) is 5.10 Å². The van der Waals surface area contributed by atoms with Gasteiger partial charge >= 0.3 is 5.97 Å². The Labute approximate surface area is 125 Å². The summed E-state index contributed by atoms with van der Waals surface area (Å²) >= 11 is 0. The molecule has 21 heavy (non-hydrogen) atoms. The zero-order valence-corrected chi connectivity index (χ0v) is 13.5. The van der Waals surface area contributed by atoms with E-state index in [2.05, 4.69) is 15.5 Å². The molecule has 1 heterocycles. The number of rotatable bonds is 7. The van der Waals surface area contributed by atoms with Crippen LogP contribution in [0.15, 0.2) is 0 Å². The number of esters is 1. The molecule has 1 amide bonds. The van der Waals surface area contributed by atoms with Gasteiger partial charge in [0.05, 0.1) is 18.7 Å². The average molecular weight is 295 g/mol. The fourth-order valence-electron chi connectivity index (χ4n) is 1.93. The minimum absolute atomic E-state index is 0.194. The lowest BCUT2D eigenvalue weighted by molar-refractivity contribution is -0.152. The van der Waals surface area contributed by atoms with Crippen molar-refractivity contribution in [1.82, 2.24) is 15.5 Å². The van der Waals surface area contributed by atoms with Crippen LogP contribution in [0.5, 0.6) is 0 Å². The van der Waals surface area contributed by atoms with E-state index in [-0.39, 0.29) is 12.3 Å². The molecule has 6 nitrogen and oxygen atoms in total. The van der Waals surface area contributed by atoms with Crippen LogP contribution in [0.4, 0.5) is 0 Å². The zero-order chi connectivity index (χ0) is 16.0. The fourth-order valence-corrected chi connectivity index (χ4v) is 1.93. The molecule has 0 radical (unpaired) electrons. The maximum atomic E-state index is 12.1. The third-order valence-corrected chi connectivity index (χ3v) is 3.31. The summed E-state index contributed by atoms with van der Waals surface area (Å²) in [4.78, 5) is 24.1. The number of hydrogen-bond acceptors (Lipinski definition) is 4. The topological polar surface area (TPSA) is 84.1 Å². The van der Waals surface area contributed by atoms with Crippen LogP contribution < -0.4 is 5.32 Å². The first-order valence-corrected chi connectivity index (χ1v) is 7.26. The zero-order valence-electron chi connectivity index (χ0n) is 13.5. The van der Waals surface area contributed by atoms with Gasteiger partial charge in [0.2, 0.25) is 5.91 Å². The number of nitrogens with one attached hydrogen (secondary N) is 2. The molecule has 1 rings (SSSR count). The first-order valence-electron chi connectivity index (χ1n) is 7.26. The second kappa shape index (κ2) is 7.24. The van der Waals surface area contributed by atoms with E-state index < -0.39 is 11.5 Å². The van der Waals surface area contributed by atoms with Crippen LogP contribution in [0.2, 0.25) is 0 Å². The van der Waals surface area contributed by atoms with E-state index in [4.69, 9.17) is 4.74 Å². The predicted molar refractivity (Wildman–Crippen MR) is 79.9 cm³/mol. The molecular formula is C15H25N3O3. The van der Waals surface area contributed by atoms with Gasteiger partial charge in [-0.15, -0.1) is 0 Å². The van der Waals surface area contributed by atoms with Gasteiger partial charge < -0.3 is 10.1 Å². The van der Waals surface area contributed by atoms with Gasteiger partial charge in [-0.25, -0.2) is 4.79 Å². The van der Waals surface area contributed by atoms with Crippen molar-refractivity contribution in [2.45, 2.75) is 59.4 Å². The summed E-state index contributed by atoms with van der Waals surface area (Å²) in [7, 11) is 0. The van der Waals surface area contributed by atoms with Gasteiger partial charge in [0.15, 0.2) is 0 Å². The van der Waals surface area contributed by atoms with E-state index in [0.29, 0.717) is 6.61 Å². The van der Waals surface area contributed by atoms with E-state index in [1.165, 1.54) is 0 Å². The van der Waals surface area contributed by atoms with E-state index in [0.717, 1.165) is 29.8 Å². The number of H-pyrrole nitrogens is 1. The Kier molecular flexibility index (Phi) is 5.93. The number of carbonyl (C=O) groups is 2. The first kappa shape index (κ1) is 17.2. The minimum Gasteiger partial charge on any atom is -0.464 e. The highest BCUT2D eigenvalue weighted by Gasteiger charge is 2.31. The van der Waals surface area contributed by atoms with E-state index in [1.54, 1.807) is 13.8 Å². The highest BCUT2D eigenvalue weighted by molar-refractivity contribution is 5.88. The molecule has 118 valence electrons. The van der Waals surface area contributed by atoms with Crippen LogP contribution in [0.1, 0.15) is 50.6 Å². The monoisotopic (exact) mass is 295 g/mol. The molecule has 0 unspecified atom stereocenters. The Hall–Kier alpha value is -1.85. The van der Waals surface area contributed by atoms with Gasteiger partial charge in [0, 0.05) is 11.3 Å². The lowest BCUT2D eigenvalue weighted by Crippen LogP contribution is -2.51. The van der Waals surface area contributed by atoms with Gasteiger partial charge in [-0.05, 0) is 34.1 Å². The Morgan fingerprint density at radius 1 is 1.33 bits per heavy atom. The van der Waals surface area contributed by atoms with E-state index >= 15 is 0 Å². The SMILES string of the molecule is CCCCOC(=O)C(C)(C)NC(=O)Cc1c(C)n[nH]c1C. The normalized spacial score (nSPS) is 11.3. The average Bonchev–Trinajstić information content (AvgIpc) is 2.70. The van der Waals surface area contributed by atoms with Crippen molar-refractivity contribution in [2.24, 2.45) is 0 Å². The molecule has 0 saturated carbocycles.